The summed E-state index contributed by atoms with van der Waals surface area (Å²) in [5.74, 6) is -1.51. The zero-order valence-corrected chi connectivity index (χ0v) is 35.4. The molecule has 0 radical (unpaired) electrons. The number of unbranched alkanes of at least 4 members (excludes halogenated alkanes) is 16. The molecule has 0 aliphatic carbocycles. The van der Waals surface area contributed by atoms with Gasteiger partial charge in [-0.1, -0.05) is 133 Å². The van der Waals surface area contributed by atoms with Crippen molar-refractivity contribution in [1.29, 1.82) is 0 Å². The van der Waals surface area contributed by atoms with Gasteiger partial charge in [0.15, 0.2) is 12.1 Å². The van der Waals surface area contributed by atoms with Gasteiger partial charge in [0.1, 0.15) is 6.61 Å². The number of aliphatic carboxylic acids is 1. The molecule has 0 heterocycles. The van der Waals surface area contributed by atoms with E-state index in [0.29, 0.717) is 19.3 Å². The number of ether oxygens (including phenoxy) is 3. The fraction of sp³-hybridized carbons (Fsp3) is 0.761. The molecule has 0 amide bonds. The molecule has 0 aliphatic rings. The summed E-state index contributed by atoms with van der Waals surface area (Å²) < 4.78 is 17.2. The van der Waals surface area contributed by atoms with E-state index in [1.807, 2.05) is 21.1 Å². The highest BCUT2D eigenvalue weighted by Gasteiger charge is 2.31. The highest BCUT2D eigenvalue weighted by molar-refractivity contribution is 5.72. The molecule has 8 nitrogen and oxygen atoms in total. The zero-order valence-electron chi connectivity index (χ0n) is 35.4. The standard InChI is InChI=1S/C46H81NO7/c1-6-8-10-12-14-16-18-20-22-23-25-26-28-30-32-34-36-44(48)53-41-42(40-52-39-38-43(46(50)51)47(3,4)5)54-45(49)37-35-33-31-29-27-24-21-19-17-15-13-11-9-7-2/h8,10,14,16,20,22,24,27,42-43H,6-7,9,11-13,15,17-19,21,23,25-26,28-41H2,1-5H3/p+1/b10-8+,16-14+,22-20+,27-24+. The van der Waals surface area contributed by atoms with E-state index in [1.54, 1.807) is 0 Å². The van der Waals surface area contributed by atoms with Gasteiger partial charge in [-0.3, -0.25) is 9.59 Å². The van der Waals surface area contributed by atoms with Crippen LogP contribution in [0.5, 0.6) is 0 Å². The van der Waals surface area contributed by atoms with Gasteiger partial charge in [0.25, 0.3) is 0 Å². The first-order valence-electron chi connectivity index (χ1n) is 21.7. The van der Waals surface area contributed by atoms with Crippen molar-refractivity contribution in [3.63, 3.8) is 0 Å². The maximum absolute atomic E-state index is 12.7. The molecule has 0 aromatic heterocycles. The number of esters is 2. The molecule has 0 bridgehead atoms. The van der Waals surface area contributed by atoms with Crippen molar-refractivity contribution in [3.8, 4) is 0 Å². The largest absolute Gasteiger partial charge is 0.477 e. The maximum atomic E-state index is 12.7. The predicted molar refractivity (Wildman–Crippen MR) is 224 cm³/mol. The summed E-state index contributed by atoms with van der Waals surface area (Å²) in [5.41, 5.74) is 0. The van der Waals surface area contributed by atoms with E-state index in [1.165, 1.54) is 57.8 Å². The number of nitrogens with zero attached hydrogens (tertiary/aromatic N) is 1. The van der Waals surface area contributed by atoms with Crippen molar-refractivity contribution in [1.82, 2.24) is 0 Å². The first-order valence-corrected chi connectivity index (χ1v) is 21.7. The predicted octanol–water partition coefficient (Wildman–Crippen LogP) is 11.6. The second-order valence-corrected chi connectivity index (χ2v) is 15.6. The third-order valence-corrected chi connectivity index (χ3v) is 9.46. The third-order valence-electron chi connectivity index (χ3n) is 9.46. The van der Waals surface area contributed by atoms with Crippen LogP contribution in [0.4, 0.5) is 0 Å². The lowest BCUT2D eigenvalue weighted by molar-refractivity contribution is -0.887. The number of carboxylic acid groups (broad SMARTS) is 1. The Bertz CT molecular complexity index is 1030. The average molecular weight is 761 g/mol. The number of likely N-dealkylation sites (N-methyl/N-ethyl adjacent to an activating group) is 1. The topological polar surface area (TPSA) is 99.1 Å². The van der Waals surface area contributed by atoms with E-state index in [-0.39, 0.29) is 36.2 Å². The fourth-order valence-electron chi connectivity index (χ4n) is 6.10. The summed E-state index contributed by atoms with van der Waals surface area (Å²) in [7, 11) is 5.51. The van der Waals surface area contributed by atoms with E-state index < -0.39 is 18.1 Å². The molecule has 0 saturated heterocycles. The molecule has 0 spiro atoms. The van der Waals surface area contributed by atoms with Crippen LogP contribution >= 0.6 is 0 Å². The van der Waals surface area contributed by atoms with E-state index >= 15 is 0 Å². The average Bonchev–Trinajstić information content (AvgIpc) is 3.12. The molecule has 312 valence electrons. The SMILES string of the molecule is CC/C=C/C/C=C/C/C=C/CCCCCCCCC(=O)OCC(COCCC(C(=O)O)[N+](C)(C)C)OC(=O)CCCCC/C=C/CCCCCCCCC. The molecule has 0 saturated carbocycles. The molecule has 54 heavy (non-hydrogen) atoms. The van der Waals surface area contributed by atoms with Gasteiger partial charge < -0.3 is 23.8 Å². The Kier molecular flexibility index (Phi) is 35.4. The van der Waals surface area contributed by atoms with Gasteiger partial charge in [0.2, 0.25) is 0 Å². The zero-order chi connectivity index (χ0) is 40.0. The molecule has 0 aliphatic heterocycles. The fourth-order valence-corrected chi connectivity index (χ4v) is 6.10. The number of carboxylic acids is 1. The Hall–Kier alpha value is -2.71. The van der Waals surface area contributed by atoms with E-state index in [4.69, 9.17) is 14.2 Å². The molecule has 0 aromatic rings. The van der Waals surface area contributed by atoms with Crippen LogP contribution in [0, 0.1) is 0 Å². The van der Waals surface area contributed by atoms with E-state index in [2.05, 4.69) is 62.5 Å². The quantitative estimate of drug-likeness (QED) is 0.0289. The van der Waals surface area contributed by atoms with Crippen LogP contribution in [-0.2, 0) is 28.6 Å². The van der Waals surface area contributed by atoms with E-state index in [0.717, 1.165) is 83.5 Å². The lowest BCUT2D eigenvalue weighted by Crippen LogP contribution is -2.50. The first kappa shape index (κ1) is 51.3. The highest BCUT2D eigenvalue weighted by Crippen LogP contribution is 2.13. The van der Waals surface area contributed by atoms with Gasteiger partial charge in [-0.15, -0.1) is 0 Å². The second kappa shape index (κ2) is 37.2. The normalized spacial score (nSPS) is 13.4. The van der Waals surface area contributed by atoms with Crippen LogP contribution < -0.4 is 0 Å². The van der Waals surface area contributed by atoms with Crippen LogP contribution in [-0.4, -0.2) is 80.6 Å². The maximum Gasteiger partial charge on any atom is 0.362 e. The Labute approximate surface area is 331 Å². The van der Waals surface area contributed by atoms with Gasteiger partial charge >= 0.3 is 17.9 Å². The van der Waals surface area contributed by atoms with Gasteiger partial charge in [0, 0.05) is 19.3 Å². The number of hydrogen-bond acceptors (Lipinski definition) is 6. The molecule has 0 fully saturated rings. The van der Waals surface area contributed by atoms with Crippen molar-refractivity contribution in [3.05, 3.63) is 48.6 Å². The molecule has 1 N–H and O–H groups in total. The van der Waals surface area contributed by atoms with Crippen LogP contribution in [0.15, 0.2) is 48.6 Å². The van der Waals surface area contributed by atoms with E-state index in [9.17, 15) is 19.5 Å². The monoisotopic (exact) mass is 761 g/mol. The molecule has 2 atom stereocenters. The summed E-state index contributed by atoms with van der Waals surface area (Å²) in [5, 5.41) is 9.61. The number of allylic oxidation sites excluding steroid dienone is 8. The second-order valence-electron chi connectivity index (χ2n) is 15.6. The van der Waals surface area contributed by atoms with Crippen molar-refractivity contribution >= 4 is 17.9 Å². The smallest absolute Gasteiger partial charge is 0.362 e. The molecule has 0 aromatic carbocycles. The third kappa shape index (κ3) is 35.0. The molecule has 8 heteroatoms. The Balaban J connectivity index is 4.40. The molecular formula is C46H82NO7+. The van der Waals surface area contributed by atoms with Crippen molar-refractivity contribution in [2.75, 3.05) is 41.0 Å². The van der Waals surface area contributed by atoms with Gasteiger partial charge in [-0.2, -0.15) is 0 Å². The highest BCUT2D eigenvalue weighted by atomic mass is 16.6. The number of carbonyl (C=O) groups excluding carboxylic acids is 2. The molecular weight excluding hydrogens is 679 g/mol. The minimum absolute atomic E-state index is 0.0502. The van der Waals surface area contributed by atoms with Crippen LogP contribution in [0.3, 0.4) is 0 Å². The Morgan fingerprint density at radius 3 is 1.57 bits per heavy atom. The van der Waals surface area contributed by atoms with Crippen LogP contribution in [0.2, 0.25) is 0 Å². The summed E-state index contributed by atoms with van der Waals surface area (Å²) in [6.07, 6.45) is 42.9. The van der Waals surface area contributed by atoms with Crippen LogP contribution in [0.25, 0.3) is 0 Å². The number of hydrogen-bond donors (Lipinski definition) is 1. The molecule has 0 rings (SSSR count). The summed E-state index contributed by atoms with van der Waals surface area (Å²) in [6, 6.07) is -0.619. The van der Waals surface area contributed by atoms with Gasteiger partial charge in [-0.05, 0) is 70.6 Å². The lowest BCUT2D eigenvalue weighted by atomic mass is 10.1. The number of carbonyl (C=O) groups is 3. The minimum atomic E-state index is -0.880. The van der Waals surface area contributed by atoms with Crippen LogP contribution in [0.1, 0.15) is 174 Å². The Morgan fingerprint density at radius 2 is 1.04 bits per heavy atom. The summed E-state index contributed by atoms with van der Waals surface area (Å²) in [6.45, 7) is 4.59. The van der Waals surface area contributed by atoms with Crippen molar-refractivity contribution in [2.24, 2.45) is 0 Å². The van der Waals surface area contributed by atoms with Crippen molar-refractivity contribution in [2.45, 2.75) is 187 Å². The lowest BCUT2D eigenvalue weighted by Gasteiger charge is -2.31. The minimum Gasteiger partial charge on any atom is -0.477 e. The van der Waals surface area contributed by atoms with Crippen molar-refractivity contribution < 1.29 is 38.2 Å². The number of quaternary nitrogens is 1. The Morgan fingerprint density at radius 1 is 0.574 bits per heavy atom. The first-order chi connectivity index (χ1) is 26.1. The van der Waals surface area contributed by atoms with Gasteiger partial charge in [0.05, 0.1) is 34.4 Å². The molecule has 2 unspecified atom stereocenters. The summed E-state index contributed by atoms with van der Waals surface area (Å²) in [4.78, 5) is 36.9. The number of rotatable bonds is 38. The van der Waals surface area contributed by atoms with Gasteiger partial charge in [-0.25, -0.2) is 4.79 Å². The summed E-state index contributed by atoms with van der Waals surface area (Å²) >= 11 is 0.